The highest BCUT2D eigenvalue weighted by molar-refractivity contribution is 7.98. The molecule has 2 aromatic carbocycles. The van der Waals surface area contributed by atoms with Gasteiger partial charge in [0.2, 0.25) is 5.78 Å². The van der Waals surface area contributed by atoms with Crippen LogP contribution in [-0.2, 0) is 15.7 Å². The molecule has 0 bridgehead atoms. The van der Waals surface area contributed by atoms with Crippen LogP contribution >= 0.6 is 0 Å². The maximum atomic E-state index is 13.0. The average molecular weight is 396 g/mol. The number of esters is 1. The van der Waals surface area contributed by atoms with Crippen LogP contribution in [-0.4, -0.2) is 22.8 Å². The van der Waals surface area contributed by atoms with E-state index in [4.69, 9.17) is 4.74 Å². The van der Waals surface area contributed by atoms with E-state index in [-0.39, 0.29) is 16.7 Å². The van der Waals surface area contributed by atoms with Gasteiger partial charge in [0, 0.05) is 22.0 Å². The first kappa shape index (κ1) is 20.4. The van der Waals surface area contributed by atoms with Crippen molar-refractivity contribution in [3.05, 3.63) is 72.3 Å². The Morgan fingerprint density at radius 1 is 1.00 bits per heavy atom. The van der Waals surface area contributed by atoms with Gasteiger partial charge in [-0.3, -0.25) is 4.79 Å². The quantitative estimate of drug-likeness (QED) is 0.208. The van der Waals surface area contributed by atoms with Gasteiger partial charge in [-0.1, -0.05) is 31.2 Å². The van der Waals surface area contributed by atoms with Crippen molar-refractivity contribution in [1.82, 2.24) is 0 Å². The fourth-order valence-electron chi connectivity index (χ4n) is 3.47. The summed E-state index contributed by atoms with van der Waals surface area (Å²) in [5.74, 6) is 0.663. The molecule has 1 aliphatic rings. The van der Waals surface area contributed by atoms with Crippen LogP contribution in [0.3, 0.4) is 0 Å². The molecule has 3 rings (SSSR count). The summed E-state index contributed by atoms with van der Waals surface area (Å²) in [4.78, 5) is 25.9. The number of Topliss-reactive ketones (excluding diaryl/α,β-unsaturated/α-hetero) is 1. The third kappa shape index (κ3) is 5.35. The molecule has 1 fully saturated rings. The van der Waals surface area contributed by atoms with E-state index in [1.165, 1.54) is 37.0 Å². The van der Waals surface area contributed by atoms with Crippen LogP contribution in [0.4, 0.5) is 0 Å². The van der Waals surface area contributed by atoms with E-state index in [9.17, 15) is 9.59 Å². The van der Waals surface area contributed by atoms with Crippen molar-refractivity contribution >= 4 is 22.6 Å². The summed E-state index contributed by atoms with van der Waals surface area (Å²) in [6, 6.07) is 17.3. The van der Waals surface area contributed by atoms with Gasteiger partial charge >= 0.3 is 5.97 Å². The SMILES string of the molecule is C=C(C)C(=O)Oc1ccc(C(=O)C[S+](c2ccccc2)C2CCCCC2)cc1. The summed E-state index contributed by atoms with van der Waals surface area (Å²) >= 11 is 0. The van der Waals surface area contributed by atoms with Gasteiger partial charge in [-0.05, 0) is 69.0 Å². The highest BCUT2D eigenvalue weighted by Gasteiger charge is 2.36. The van der Waals surface area contributed by atoms with Gasteiger partial charge in [-0.15, -0.1) is 0 Å². The second kappa shape index (κ2) is 9.74. The van der Waals surface area contributed by atoms with Crippen molar-refractivity contribution in [2.24, 2.45) is 0 Å². The first-order chi connectivity index (χ1) is 13.5. The van der Waals surface area contributed by atoms with Crippen LogP contribution in [0.15, 0.2) is 71.6 Å². The summed E-state index contributed by atoms with van der Waals surface area (Å²) in [5, 5.41) is 0.593. The van der Waals surface area contributed by atoms with Crippen molar-refractivity contribution in [2.45, 2.75) is 49.2 Å². The number of rotatable bonds is 7. The van der Waals surface area contributed by atoms with Gasteiger partial charge in [0.25, 0.3) is 0 Å². The Morgan fingerprint density at radius 3 is 2.25 bits per heavy atom. The molecule has 0 N–H and O–H groups in total. The van der Waals surface area contributed by atoms with Gasteiger partial charge < -0.3 is 4.74 Å². The molecule has 3 nitrogen and oxygen atoms in total. The molecule has 4 heteroatoms. The molecule has 0 aliphatic heterocycles. The molecule has 0 radical (unpaired) electrons. The number of hydrogen-bond acceptors (Lipinski definition) is 3. The van der Waals surface area contributed by atoms with Crippen LogP contribution in [0.1, 0.15) is 49.4 Å². The summed E-state index contributed by atoms with van der Waals surface area (Å²) < 4.78 is 5.21. The molecule has 0 heterocycles. The third-order valence-corrected chi connectivity index (χ3v) is 7.75. The molecule has 1 atom stereocenters. The van der Waals surface area contributed by atoms with Crippen LogP contribution in [0.25, 0.3) is 0 Å². The first-order valence-electron chi connectivity index (χ1n) is 9.80. The van der Waals surface area contributed by atoms with Crippen LogP contribution in [0.5, 0.6) is 5.75 Å². The molecular formula is C24H27O3S+. The fraction of sp³-hybridized carbons (Fsp3) is 0.333. The van der Waals surface area contributed by atoms with E-state index in [1.54, 1.807) is 31.2 Å². The number of carbonyl (C=O) groups excluding carboxylic acids is 2. The first-order valence-corrected chi connectivity index (χ1v) is 11.3. The Labute approximate surface area is 170 Å². The molecule has 1 unspecified atom stereocenters. The van der Waals surface area contributed by atoms with Crippen molar-refractivity contribution in [3.8, 4) is 5.75 Å². The number of ketones is 1. The number of benzene rings is 2. The Morgan fingerprint density at radius 2 is 1.64 bits per heavy atom. The molecule has 0 amide bonds. The molecule has 28 heavy (non-hydrogen) atoms. The highest BCUT2D eigenvalue weighted by Crippen LogP contribution is 2.31. The minimum Gasteiger partial charge on any atom is -0.423 e. The lowest BCUT2D eigenvalue weighted by atomic mass is 10.0. The zero-order valence-electron chi connectivity index (χ0n) is 16.4. The Balaban J connectivity index is 1.72. The molecule has 0 spiro atoms. The summed E-state index contributed by atoms with van der Waals surface area (Å²) in [5.41, 5.74) is 1.01. The second-order valence-corrected chi connectivity index (χ2v) is 9.55. The van der Waals surface area contributed by atoms with Gasteiger partial charge in [-0.2, -0.15) is 0 Å². The minimum atomic E-state index is -0.456. The maximum Gasteiger partial charge on any atom is 0.338 e. The maximum absolute atomic E-state index is 13.0. The molecule has 0 saturated heterocycles. The van der Waals surface area contributed by atoms with Gasteiger partial charge in [-0.25, -0.2) is 4.79 Å². The topological polar surface area (TPSA) is 43.4 Å². The summed E-state index contributed by atoms with van der Waals surface area (Å²) in [7, 11) is -0.0720. The highest BCUT2D eigenvalue weighted by atomic mass is 32.2. The van der Waals surface area contributed by atoms with Crippen LogP contribution in [0.2, 0.25) is 0 Å². The average Bonchev–Trinajstić information content (AvgIpc) is 2.73. The third-order valence-electron chi connectivity index (χ3n) is 5.02. The van der Waals surface area contributed by atoms with E-state index >= 15 is 0 Å². The second-order valence-electron chi connectivity index (χ2n) is 7.26. The van der Waals surface area contributed by atoms with Gasteiger partial charge in [0.1, 0.15) is 11.0 Å². The van der Waals surface area contributed by atoms with Crippen molar-refractivity contribution in [3.63, 3.8) is 0 Å². The zero-order chi connectivity index (χ0) is 19.9. The normalized spacial score (nSPS) is 15.6. The van der Waals surface area contributed by atoms with E-state index < -0.39 is 5.97 Å². The lowest BCUT2D eigenvalue weighted by molar-refractivity contribution is -0.130. The molecular weight excluding hydrogens is 368 g/mol. The monoisotopic (exact) mass is 395 g/mol. The Kier molecular flexibility index (Phi) is 7.10. The van der Waals surface area contributed by atoms with Gasteiger partial charge in [0.15, 0.2) is 10.6 Å². The Hall–Kier alpha value is -2.33. The van der Waals surface area contributed by atoms with E-state index in [2.05, 4.69) is 30.8 Å². The number of ether oxygens (including phenoxy) is 1. The summed E-state index contributed by atoms with van der Waals surface area (Å²) in [6.07, 6.45) is 6.25. The summed E-state index contributed by atoms with van der Waals surface area (Å²) in [6.45, 7) is 5.18. The van der Waals surface area contributed by atoms with Crippen LogP contribution in [0, 0.1) is 0 Å². The van der Waals surface area contributed by atoms with Crippen molar-refractivity contribution < 1.29 is 14.3 Å². The van der Waals surface area contributed by atoms with Crippen molar-refractivity contribution in [1.29, 1.82) is 0 Å². The largest absolute Gasteiger partial charge is 0.423 e. The number of carbonyl (C=O) groups is 2. The lowest BCUT2D eigenvalue weighted by Crippen LogP contribution is -2.30. The molecule has 0 aromatic heterocycles. The fourth-order valence-corrected chi connectivity index (χ4v) is 6.11. The van der Waals surface area contributed by atoms with E-state index in [0.29, 0.717) is 27.9 Å². The molecule has 1 saturated carbocycles. The van der Waals surface area contributed by atoms with E-state index in [1.807, 2.05) is 6.07 Å². The van der Waals surface area contributed by atoms with Crippen LogP contribution < -0.4 is 4.74 Å². The molecule has 2 aromatic rings. The predicted molar refractivity (Wildman–Crippen MR) is 115 cm³/mol. The zero-order valence-corrected chi connectivity index (χ0v) is 17.2. The van der Waals surface area contributed by atoms with Gasteiger partial charge in [0.05, 0.1) is 0 Å². The molecule has 146 valence electrons. The standard InChI is InChI=1S/C24H27O3S/c1-18(2)24(26)27-20-15-13-19(14-16-20)23(25)17-28(21-9-5-3-6-10-21)22-11-7-4-8-12-22/h3,5-6,9-10,13-16,22H,1,4,7-8,11-12,17H2,2H3/q+1. The van der Waals surface area contributed by atoms with E-state index in [0.717, 1.165) is 0 Å². The van der Waals surface area contributed by atoms with Crippen molar-refractivity contribution in [2.75, 3.05) is 5.75 Å². The Bertz CT molecular complexity index is 821. The minimum absolute atomic E-state index is 0.0720. The lowest BCUT2D eigenvalue weighted by Gasteiger charge is -2.22. The smallest absolute Gasteiger partial charge is 0.338 e. The predicted octanol–water partition coefficient (Wildman–Crippen LogP) is 5.36. The molecule has 1 aliphatic carbocycles. The number of hydrogen-bond donors (Lipinski definition) is 0.